The molecule has 0 aliphatic heterocycles. The van der Waals surface area contributed by atoms with Gasteiger partial charge in [-0.2, -0.15) is 0 Å². The van der Waals surface area contributed by atoms with Crippen LogP contribution in [0.15, 0.2) is 12.1 Å². The topological polar surface area (TPSA) is 22.1 Å². The number of halogens is 1. The van der Waals surface area contributed by atoms with E-state index in [9.17, 15) is 0 Å². The molecule has 0 N–H and O–H groups in total. The molecule has 0 radical (unpaired) electrons. The predicted molar refractivity (Wildman–Crippen MR) is 84.3 cm³/mol. The number of ether oxygens (including phenoxy) is 1. The molecule has 3 heteroatoms. The molecule has 1 aliphatic rings. The first-order valence-electron chi connectivity index (χ1n) is 7.70. The molecule has 1 aliphatic carbocycles. The Balaban J connectivity index is 2.11. The third-order valence-electron chi connectivity index (χ3n) is 4.55. The summed E-state index contributed by atoms with van der Waals surface area (Å²) in [5, 5.41) is 0. The molecule has 1 saturated carbocycles. The van der Waals surface area contributed by atoms with Gasteiger partial charge in [0.1, 0.15) is 6.10 Å². The van der Waals surface area contributed by atoms with Crippen LogP contribution in [-0.4, -0.2) is 11.1 Å². The normalized spacial score (nSPS) is 26.8. The summed E-state index contributed by atoms with van der Waals surface area (Å²) in [4.78, 5) is 4.55. The van der Waals surface area contributed by atoms with Crippen LogP contribution in [0.4, 0.5) is 0 Å². The second-order valence-electron chi connectivity index (χ2n) is 6.51. The fraction of sp³-hybridized carbons (Fsp3) is 0.706. The minimum absolute atomic E-state index is 0.299. The van der Waals surface area contributed by atoms with E-state index in [1.165, 1.54) is 12.8 Å². The summed E-state index contributed by atoms with van der Waals surface area (Å²) in [6.07, 6.45) is 4.02. The lowest BCUT2D eigenvalue weighted by Crippen LogP contribution is -2.36. The molecule has 1 heterocycles. The van der Waals surface area contributed by atoms with Crippen LogP contribution < -0.4 is 4.74 Å². The first-order valence-corrected chi connectivity index (χ1v) is 8.23. The van der Waals surface area contributed by atoms with Crippen molar-refractivity contribution in [3.05, 3.63) is 23.4 Å². The summed E-state index contributed by atoms with van der Waals surface area (Å²) in [7, 11) is 0. The van der Waals surface area contributed by atoms with Crippen molar-refractivity contribution >= 4 is 11.6 Å². The van der Waals surface area contributed by atoms with Gasteiger partial charge in [0, 0.05) is 17.6 Å². The highest BCUT2D eigenvalue weighted by Crippen LogP contribution is 2.35. The molecule has 1 aromatic heterocycles. The van der Waals surface area contributed by atoms with Gasteiger partial charge in [-0.1, -0.05) is 33.3 Å². The maximum atomic E-state index is 6.23. The summed E-state index contributed by atoms with van der Waals surface area (Å²) < 4.78 is 6.23. The van der Waals surface area contributed by atoms with E-state index in [0.717, 1.165) is 29.5 Å². The number of hydrogen-bond acceptors (Lipinski definition) is 2. The van der Waals surface area contributed by atoms with Crippen LogP contribution in [0.1, 0.15) is 51.3 Å². The van der Waals surface area contributed by atoms with E-state index in [2.05, 4.69) is 25.8 Å². The molecular formula is C17H26ClNO. The van der Waals surface area contributed by atoms with E-state index in [1.807, 2.05) is 19.1 Å². The number of hydrogen-bond donors (Lipinski definition) is 0. The summed E-state index contributed by atoms with van der Waals surface area (Å²) in [6.45, 7) is 8.91. The summed E-state index contributed by atoms with van der Waals surface area (Å²) in [5.41, 5.74) is 2.05. The third-order valence-corrected chi connectivity index (χ3v) is 4.84. The first-order chi connectivity index (χ1) is 9.51. The van der Waals surface area contributed by atoms with Gasteiger partial charge in [0.05, 0.1) is 0 Å². The zero-order valence-electron chi connectivity index (χ0n) is 13.0. The predicted octanol–water partition coefficient (Wildman–Crippen LogP) is 4.97. The van der Waals surface area contributed by atoms with Crippen molar-refractivity contribution in [1.82, 2.24) is 4.98 Å². The highest BCUT2D eigenvalue weighted by Gasteiger charge is 2.32. The van der Waals surface area contributed by atoms with Crippen LogP contribution in [0, 0.1) is 24.7 Å². The maximum Gasteiger partial charge on any atom is 0.213 e. The lowest BCUT2D eigenvalue weighted by Gasteiger charge is -2.37. The SMILES string of the molecule is Cc1nc(OC2CC(C)CCC2C(C)C)ccc1CCl. The molecule has 1 aromatic rings. The molecule has 0 amide bonds. The van der Waals surface area contributed by atoms with Gasteiger partial charge in [0.25, 0.3) is 0 Å². The van der Waals surface area contributed by atoms with Crippen LogP contribution in [-0.2, 0) is 5.88 Å². The largest absolute Gasteiger partial charge is 0.474 e. The fourth-order valence-corrected chi connectivity index (χ4v) is 3.46. The second-order valence-corrected chi connectivity index (χ2v) is 6.78. The molecule has 2 nitrogen and oxygen atoms in total. The van der Waals surface area contributed by atoms with Crippen LogP contribution in [0.5, 0.6) is 5.88 Å². The molecule has 2 rings (SSSR count). The van der Waals surface area contributed by atoms with Crippen molar-refractivity contribution in [2.75, 3.05) is 0 Å². The number of aromatic nitrogens is 1. The lowest BCUT2D eigenvalue weighted by atomic mass is 9.75. The van der Waals surface area contributed by atoms with Crippen LogP contribution in [0.25, 0.3) is 0 Å². The third kappa shape index (κ3) is 3.66. The Morgan fingerprint density at radius 3 is 2.70 bits per heavy atom. The smallest absolute Gasteiger partial charge is 0.213 e. The van der Waals surface area contributed by atoms with Gasteiger partial charge in [-0.05, 0) is 43.1 Å². The zero-order valence-corrected chi connectivity index (χ0v) is 13.8. The molecule has 112 valence electrons. The Morgan fingerprint density at radius 2 is 2.10 bits per heavy atom. The molecule has 20 heavy (non-hydrogen) atoms. The van der Waals surface area contributed by atoms with Gasteiger partial charge < -0.3 is 4.74 Å². The monoisotopic (exact) mass is 295 g/mol. The standard InChI is InChI=1S/C17H26ClNO/c1-11(2)15-7-5-12(3)9-16(15)20-17-8-6-14(10-18)13(4)19-17/h6,8,11-12,15-16H,5,7,9-10H2,1-4H3. The van der Waals surface area contributed by atoms with Gasteiger partial charge >= 0.3 is 0 Å². The van der Waals surface area contributed by atoms with Gasteiger partial charge in [-0.25, -0.2) is 4.98 Å². The molecule has 1 fully saturated rings. The van der Waals surface area contributed by atoms with E-state index in [-0.39, 0.29) is 0 Å². The molecule has 0 aromatic carbocycles. The highest BCUT2D eigenvalue weighted by molar-refractivity contribution is 6.17. The highest BCUT2D eigenvalue weighted by atomic mass is 35.5. The van der Waals surface area contributed by atoms with Gasteiger partial charge in [0.2, 0.25) is 5.88 Å². The van der Waals surface area contributed by atoms with Crippen LogP contribution in [0.3, 0.4) is 0 Å². The molecule has 0 saturated heterocycles. The average Bonchev–Trinajstić information content (AvgIpc) is 2.38. The minimum Gasteiger partial charge on any atom is -0.474 e. The van der Waals surface area contributed by atoms with E-state index < -0.39 is 0 Å². The van der Waals surface area contributed by atoms with Gasteiger partial charge in [0.15, 0.2) is 0 Å². The Kier molecular flexibility index (Phi) is 5.31. The molecule has 3 atom stereocenters. The fourth-order valence-electron chi connectivity index (χ4n) is 3.18. The summed E-state index contributed by atoms with van der Waals surface area (Å²) in [5.74, 6) is 3.31. The van der Waals surface area contributed by atoms with Crippen molar-refractivity contribution < 1.29 is 4.74 Å². The van der Waals surface area contributed by atoms with Gasteiger partial charge in [-0.3, -0.25) is 0 Å². The van der Waals surface area contributed by atoms with Crippen molar-refractivity contribution in [3.8, 4) is 5.88 Å². The molecule has 0 bridgehead atoms. The summed E-state index contributed by atoms with van der Waals surface area (Å²) >= 11 is 5.88. The van der Waals surface area contributed by atoms with Crippen molar-refractivity contribution in [3.63, 3.8) is 0 Å². The Hall–Kier alpha value is -0.760. The minimum atomic E-state index is 0.299. The molecule has 3 unspecified atom stereocenters. The number of pyridine rings is 1. The molecule has 0 spiro atoms. The van der Waals surface area contributed by atoms with Crippen molar-refractivity contribution in [2.45, 2.75) is 58.9 Å². The first kappa shape index (κ1) is 15.6. The maximum absolute atomic E-state index is 6.23. The van der Waals surface area contributed by atoms with E-state index in [0.29, 0.717) is 23.8 Å². The Bertz CT molecular complexity index is 447. The number of nitrogens with zero attached hydrogens (tertiary/aromatic N) is 1. The number of aryl methyl sites for hydroxylation is 1. The van der Waals surface area contributed by atoms with Crippen LogP contribution in [0.2, 0.25) is 0 Å². The lowest BCUT2D eigenvalue weighted by molar-refractivity contribution is 0.0425. The Labute approximate surface area is 127 Å². The zero-order chi connectivity index (χ0) is 14.7. The molecular weight excluding hydrogens is 270 g/mol. The number of rotatable bonds is 4. The van der Waals surface area contributed by atoms with Crippen molar-refractivity contribution in [1.29, 1.82) is 0 Å². The average molecular weight is 296 g/mol. The quantitative estimate of drug-likeness (QED) is 0.732. The summed E-state index contributed by atoms with van der Waals surface area (Å²) in [6, 6.07) is 3.99. The second kappa shape index (κ2) is 6.80. The van der Waals surface area contributed by atoms with E-state index >= 15 is 0 Å². The number of alkyl halides is 1. The van der Waals surface area contributed by atoms with Gasteiger partial charge in [-0.15, -0.1) is 11.6 Å². The van der Waals surface area contributed by atoms with Crippen LogP contribution >= 0.6 is 11.6 Å². The van der Waals surface area contributed by atoms with Crippen molar-refractivity contribution in [2.24, 2.45) is 17.8 Å². The Morgan fingerprint density at radius 1 is 1.35 bits per heavy atom. The van der Waals surface area contributed by atoms with E-state index in [1.54, 1.807) is 0 Å². The van der Waals surface area contributed by atoms with E-state index in [4.69, 9.17) is 16.3 Å².